The molecule has 2 aromatic carbocycles. The predicted molar refractivity (Wildman–Crippen MR) is 117 cm³/mol. The summed E-state index contributed by atoms with van der Waals surface area (Å²) >= 11 is 0. The van der Waals surface area contributed by atoms with Crippen molar-refractivity contribution in [3.63, 3.8) is 0 Å². The molecule has 0 bridgehead atoms. The van der Waals surface area contributed by atoms with Crippen molar-refractivity contribution in [3.8, 4) is 17.2 Å². The molecular weight excluding hydrogens is 400 g/mol. The number of para-hydroxylation sites is 2. The summed E-state index contributed by atoms with van der Waals surface area (Å²) in [6.07, 6.45) is 0.503. The van der Waals surface area contributed by atoms with Crippen molar-refractivity contribution in [2.45, 2.75) is 20.0 Å². The molecular formula is C22H26N4O5. The number of nitrogens with one attached hydrogen (secondary N) is 2. The molecule has 0 saturated heterocycles. The minimum Gasteiger partial charge on any atom is -0.507 e. The number of rotatable bonds is 8. The van der Waals surface area contributed by atoms with Crippen molar-refractivity contribution >= 4 is 23.7 Å². The van der Waals surface area contributed by atoms with E-state index in [1.165, 1.54) is 6.21 Å². The number of amides is 2. The third-order valence-electron chi connectivity index (χ3n) is 4.76. The lowest BCUT2D eigenvalue weighted by atomic mass is 10.2. The van der Waals surface area contributed by atoms with Gasteiger partial charge in [-0.1, -0.05) is 12.1 Å². The van der Waals surface area contributed by atoms with Gasteiger partial charge in [0.05, 0.1) is 12.8 Å². The Kier molecular flexibility index (Phi) is 7.31. The fraction of sp³-hybridized carbons (Fsp3) is 0.318. The first-order valence-electron chi connectivity index (χ1n) is 10.1. The fourth-order valence-corrected chi connectivity index (χ4v) is 3.07. The number of phenolic OH excluding ortho intramolecular Hbond substituents is 1. The Morgan fingerprint density at radius 1 is 1.19 bits per heavy atom. The van der Waals surface area contributed by atoms with E-state index in [-0.39, 0.29) is 18.9 Å². The zero-order chi connectivity index (χ0) is 22.2. The van der Waals surface area contributed by atoms with Gasteiger partial charge in [-0.05, 0) is 38.1 Å². The number of hydrazone groups is 1. The molecule has 0 aliphatic carbocycles. The summed E-state index contributed by atoms with van der Waals surface area (Å²) in [4.78, 5) is 26.3. The van der Waals surface area contributed by atoms with Crippen LogP contribution in [-0.2, 0) is 9.59 Å². The van der Waals surface area contributed by atoms with Crippen LogP contribution >= 0.6 is 0 Å². The molecule has 1 aliphatic rings. The molecule has 0 aromatic heterocycles. The van der Waals surface area contributed by atoms with Crippen molar-refractivity contribution in [1.29, 1.82) is 0 Å². The first kappa shape index (κ1) is 21.9. The number of aromatic hydroxyl groups is 1. The molecule has 164 valence electrons. The monoisotopic (exact) mass is 426 g/mol. The third kappa shape index (κ3) is 5.65. The zero-order valence-electron chi connectivity index (χ0n) is 17.5. The summed E-state index contributed by atoms with van der Waals surface area (Å²) in [5.41, 5.74) is 3.68. The van der Waals surface area contributed by atoms with Gasteiger partial charge < -0.3 is 24.8 Å². The largest absolute Gasteiger partial charge is 0.507 e. The summed E-state index contributed by atoms with van der Waals surface area (Å²) < 4.78 is 11.1. The molecule has 3 N–H and O–H groups in total. The maximum Gasteiger partial charge on any atom is 0.265 e. The summed E-state index contributed by atoms with van der Waals surface area (Å²) in [6, 6.07) is 12.3. The highest BCUT2D eigenvalue weighted by Gasteiger charge is 2.27. The van der Waals surface area contributed by atoms with Crippen LogP contribution in [0.15, 0.2) is 47.6 Å². The lowest BCUT2D eigenvalue weighted by Crippen LogP contribution is -2.46. The van der Waals surface area contributed by atoms with E-state index in [1.54, 1.807) is 30.3 Å². The van der Waals surface area contributed by atoms with Crippen LogP contribution < -0.4 is 25.1 Å². The van der Waals surface area contributed by atoms with Gasteiger partial charge in [0.2, 0.25) is 6.10 Å². The minimum atomic E-state index is -0.840. The third-order valence-corrected chi connectivity index (χ3v) is 4.76. The number of nitrogens with zero attached hydrogens (tertiary/aromatic N) is 2. The van der Waals surface area contributed by atoms with E-state index >= 15 is 0 Å². The number of carbonyl (C=O) groups is 2. The highest BCUT2D eigenvalue weighted by molar-refractivity contribution is 5.89. The molecule has 0 saturated carbocycles. The van der Waals surface area contributed by atoms with E-state index in [2.05, 4.69) is 20.7 Å². The number of ether oxygens (including phenoxy) is 2. The minimum absolute atomic E-state index is 0.0606. The Labute approximate surface area is 180 Å². The van der Waals surface area contributed by atoms with Gasteiger partial charge in [0.25, 0.3) is 11.8 Å². The summed E-state index contributed by atoms with van der Waals surface area (Å²) in [5, 5.41) is 16.5. The molecule has 9 nitrogen and oxygen atoms in total. The second-order valence-corrected chi connectivity index (χ2v) is 6.79. The molecule has 0 fully saturated rings. The van der Waals surface area contributed by atoms with Crippen LogP contribution in [0.5, 0.6) is 17.2 Å². The van der Waals surface area contributed by atoms with E-state index in [0.717, 1.165) is 18.8 Å². The van der Waals surface area contributed by atoms with Gasteiger partial charge in [0, 0.05) is 30.4 Å². The average Bonchev–Trinajstić information content (AvgIpc) is 2.79. The number of phenols is 1. The predicted octanol–water partition coefficient (Wildman–Crippen LogP) is 1.64. The summed E-state index contributed by atoms with van der Waals surface area (Å²) in [5.74, 6) is 0.145. The van der Waals surface area contributed by atoms with Crippen molar-refractivity contribution < 1.29 is 24.2 Å². The molecule has 9 heteroatoms. The summed E-state index contributed by atoms with van der Waals surface area (Å²) in [7, 11) is 0. The Morgan fingerprint density at radius 2 is 1.94 bits per heavy atom. The number of hydrogen-bond donors (Lipinski definition) is 3. The summed E-state index contributed by atoms with van der Waals surface area (Å²) in [6.45, 7) is 5.52. The van der Waals surface area contributed by atoms with Crippen LogP contribution in [0.3, 0.4) is 0 Å². The van der Waals surface area contributed by atoms with Crippen LogP contribution in [0.1, 0.15) is 19.4 Å². The molecule has 1 atom stereocenters. The van der Waals surface area contributed by atoms with Gasteiger partial charge >= 0.3 is 0 Å². The van der Waals surface area contributed by atoms with Crippen LogP contribution in [0.2, 0.25) is 0 Å². The van der Waals surface area contributed by atoms with Crippen LogP contribution in [0.25, 0.3) is 0 Å². The lowest BCUT2D eigenvalue weighted by Gasteiger charge is -2.25. The Hall–Kier alpha value is -3.75. The van der Waals surface area contributed by atoms with Crippen molar-refractivity contribution in [2.75, 3.05) is 31.1 Å². The molecule has 0 unspecified atom stereocenters. The second-order valence-electron chi connectivity index (χ2n) is 6.79. The van der Waals surface area contributed by atoms with E-state index in [4.69, 9.17) is 9.47 Å². The van der Waals surface area contributed by atoms with E-state index in [0.29, 0.717) is 17.1 Å². The number of hydrogen-bond acceptors (Lipinski definition) is 7. The molecule has 1 heterocycles. The fourth-order valence-electron chi connectivity index (χ4n) is 3.07. The van der Waals surface area contributed by atoms with Gasteiger partial charge in [-0.15, -0.1) is 0 Å². The zero-order valence-corrected chi connectivity index (χ0v) is 17.5. The average molecular weight is 426 g/mol. The maximum atomic E-state index is 12.2. The number of fused-ring (bicyclic) bond motifs is 1. The van der Waals surface area contributed by atoms with Crippen molar-refractivity contribution in [2.24, 2.45) is 5.10 Å². The normalized spacial score (nSPS) is 14.8. The quantitative estimate of drug-likeness (QED) is 0.437. The topological polar surface area (TPSA) is 112 Å². The van der Waals surface area contributed by atoms with E-state index in [9.17, 15) is 14.7 Å². The van der Waals surface area contributed by atoms with Crippen LogP contribution in [0, 0.1) is 0 Å². The highest BCUT2D eigenvalue weighted by Crippen LogP contribution is 2.30. The molecule has 2 aromatic rings. The molecule has 3 rings (SSSR count). The van der Waals surface area contributed by atoms with Crippen molar-refractivity contribution in [3.05, 3.63) is 48.0 Å². The van der Waals surface area contributed by atoms with Gasteiger partial charge in [-0.3, -0.25) is 9.59 Å². The van der Waals surface area contributed by atoms with Crippen LogP contribution in [0.4, 0.5) is 5.69 Å². The first-order chi connectivity index (χ1) is 15.0. The SMILES string of the molecule is CCN(CC)c1ccc(/C=N\NC(=O)CNC(=O)[C@H]2COc3ccccc3O2)c(O)c1. The lowest BCUT2D eigenvalue weighted by molar-refractivity contribution is -0.132. The Bertz CT molecular complexity index is 959. The van der Waals surface area contributed by atoms with Crippen LogP contribution in [-0.4, -0.2) is 55.5 Å². The highest BCUT2D eigenvalue weighted by atomic mass is 16.6. The van der Waals surface area contributed by atoms with Gasteiger partial charge in [-0.25, -0.2) is 5.43 Å². The molecule has 0 spiro atoms. The molecule has 31 heavy (non-hydrogen) atoms. The van der Waals surface area contributed by atoms with Crippen molar-refractivity contribution in [1.82, 2.24) is 10.7 Å². The maximum absolute atomic E-state index is 12.2. The molecule has 0 radical (unpaired) electrons. The Balaban J connectivity index is 1.46. The van der Waals surface area contributed by atoms with E-state index < -0.39 is 17.9 Å². The molecule has 2 amide bonds. The number of anilines is 1. The molecule has 1 aliphatic heterocycles. The number of carbonyl (C=O) groups excluding carboxylic acids is 2. The number of benzene rings is 2. The first-order valence-corrected chi connectivity index (χ1v) is 10.1. The van der Waals surface area contributed by atoms with Gasteiger partial charge in [0.1, 0.15) is 12.4 Å². The standard InChI is InChI=1S/C22H26N4O5/c1-3-26(4-2)16-10-9-15(17(27)11-16)12-24-25-21(28)13-23-22(29)20-14-30-18-7-5-6-8-19(18)31-20/h5-12,20,27H,3-4,13-14H2,1-2H3,(H,23,29)(H,25,28)/b24-12-/t20-/m1/s1. The van der Waals surface area contributed by atoms with E-state index in [1.807, 2.05) is 26.0 Å². The second kappa shape index (κ2) is 10.3. The van der Waals surface area contributed by atoms with Gasteiger partial charge in [0.15, 0.2) is 11.5 Å². The van der Waals surface area contributed by atoms with Gasteiger partial charge in [-0.2, -0.15) is 5.10 Å². The Morgan fingerprint density at radius 3 is 2.65 bits per heavy atom. The smallest absolute Gasteiger partial charge is 0.265 e.